The lowest BCUT2D eigenvalue weighted by Crippen LogP contribution is -2.36. The summed E-state index contributed by atoms with van der Waals surface area (Å²) in [4.78, 5) is 47.1. The van der Waals surface area contributed by atoms with Crippen molar-refractivity contribution in [2.75, 3.05) is 13.2 Å². The summed E-state index contributed by atoms with van der Waals surface area (Å²) in [5.74, 6) is -1.37. The Hall–Kier alpha value is -3.14. The molecule has 0 aromatic heterocycles. The molecule has 184 valence electrons. The van der Waals surface area contributed by atoms with E-state index in [-0.39, 0.29) is 49.9 Å². The molecule has 1 rings (SSSR count). The van der Waals surface area contributed by atoms with Gasteiger partial charge in [-0.15, -0.1) is 0 Å². The minimum atomic E-state index is -1.02. The van der Waals surface area contributed by atoms with Crippen LogP contribution < -0.4 is 15.2 Å². The van der Waals surface area contributed by atoms with Gasteiger partial charge in [0.05, 0.1) is 6.61 Å². The van der Waals surface area contributed by atoms with Crippen LogP contribution in [0.1, 0.15) is 53.0 Å². The highest BCUT2D eigenvalue weighted by atomic mass is 16.7. The molecule has 0 saturated carbocycles. The maximum Gasteiger partial charge on any atom is 0.508 e. The SMILES string of the molecule is CCC(=O)Oc1ccc(C[C@H](N)C(=O)OC[C@H](C)OC(=O)OCC(C)C)cc1OC(=O)CC. The molecule has 0 aliphatic rings. The van der Waals surface area contributed by atoms with Gasteiger partial charge in [0.25, 0.3) is 0 Å². The summed E-state index contributed by atoms with van der Waals surface area (Å²) in [7, 11) is 0. The average molecular weight is 468 g/mol. The molecule has 0 unspecified atom stereocenters. The maximum atomic E-state index is 12.2. The Morgan fingerprint density at radius 2 is 1.48 bits per heavy atom. The lowest BCUT2D eigenvalue weighted by atomic mass is 10.1. The standard InChI is InChI=1S/C23H33NO9/c1-6-20(25)32-18-9-8-16(11-19(18)33-21(26)7-2)10-17(24)22(27)29-13-15(5)31-23(28)30-12-14(3)4/h8-9,11,14-15,17H,6-7,10,12-13,24H2,1-5H3/t15-,17-/m0/s1. The van der Waals surface area contributed by atoms with Gasteiger partial charge in [-0.2, -0.15) is 0 Å². The van der Waals surface area contributed by atoms with Gasteiger partial charge in [0.1, 0.15) is 18.8 Å². The summed E-state index contributed by atoms with van der Waals surface area (Å²) in [6, 6.07) is 3.53. The largest absolute Gasteiger partial charge is 0.508 e. The van der Waals surface area contributed by atoms with Crippen molar-refractivity contribution >= 4 is 24.1 Å². The van der Waals surface area contributed by atoms with Crippen LogP contribution in [0.3, 0.4) is 0 Å². The summed E-state index contributed by atoms with van der Waals surface area (Å²) in [5.41, 5.74) is 6.50. The molecule has 0 saturated heterocycles. The highest BCUT2D eigenvalue weighted by molar-refractivity contribution is 5.77. The van der Waals surface area contributed by atoms with Gasteiger partial charge in [-0.25, -0.2) is 4.79 Å². The van der Waals surface area contributed by atoms with Crippen molar-refractivity contribution in [1.29, 1.82) is 0 Å². The molecule has 1 aromatic carbocycles. The number of carbonyl (C=O) groups is 4. The van der Waals surface area contributed by atoms with E-state index in [2.05, 4.69) is 0 Å². The smallest absolute Gasteiger partial charge is 0.461 e. The molecular formula is C23H33NO9. The van der Waals surface area contributed by atoms with E-state index in [1.54, 1.807) is 26.8 Å². The zero-order valence-electron chi connectivity index (χ0n) is 19.8. The van der Waals surface area contributed by atoms with E-state index in [1.165, 1.54) is 12.1 Å². The molecule has 0 radical (unpaired) electrons. The minimum absolute atomic E-state index is 0.0589. The second-order valence-electron chi connectivity index (χ2n) is 7.76. The Morgan fingerprint density at radius 1 is 0.879 bits per heavy atom. The molecule has 2 N–H and O–H groups in total. The number of hydrogen-bond acceptors (Lipinski definition) is 10. The number of benzene rings is 1. The molecule has 0 spiro atoms. The summed E-state index contributed by atoms with van der Waals surface area (Å²) in [6.07, 6.45) is -1.20. The molecule has 0 heterocycles. The van der Waals surface area contributed by atoms with Gasteiger partial charge in [-0.3, -0.25) is 14.4 Å². The first-order valence-electron chi connectivity index (χ1n) is 10.9. The molecular weight excluding hydrogens is 434 g/mol. The fourth-order valence-electron chi connectivity index (χ4n) is 2.34. The summed E-state index contributed by atoms with van der Waals surface area (Å²) >= 11 is 0. The fraction of sp³-hybridized carbons (Fsp3) is 0.565. The van der Waals surface area contributed by atoms with Crippen LogP contribution in [0.25, 0.3) is 0 Å². The van der Waals surface area contributed by atoms with Crippen LogP contribution in [-0.4, -0.2) is 49.4 Å². The third-order valence-corrected chi connectivity index (χ3v) is 4.08. The van der Waals surface area contributed by atoms with Crippen LogP contribution in [0.4, 0.5) is 4.79 Å². The van der Waals surface area contributed by atoms with Crippen molar-refractivity contribution in [1.82, 2.24) is 0 Å². The van der Waals surface area contributed by atoms with Crippen LogP contribution in [0.2, 0.25) is 0 Å². The van der Waals surface area contributed by atoms with Crippen molar-refractivity contribution in [3.63, 3.8) is 0 Å². The van der Waals surface area contributed by atoms with E-state index in [4.69, 9.17) is 29.4 Å². The lowest BCUT2D eigenvalue weighted by Gasteiger charge is -2.17. The summed E-state index contributed by atoms with van der Waals surface area (Å²) < 4.78 is 25.4. The molecule has 0 bridgehead atoms. The van der Waals surface area contributed by atoms with Gasteiger partial charge >= 0.3 is 24.1 Å². The minimum Gasteiger partial charge on any atom is -0.461 e. The monoisotopic (exact) mass is 467 g/mol. The average Bonchev–Trinajstić information content (AvgIpc) is 2.77. The van der Waals surface area contributed by atoms with Crippen LogP contribution in [0.15, 0.2) is 18.2 Å². The van der Waals surface area contributed by atoms with Crippen LogP contribution in [0, 0.1) is 5.92 Å². The Bertz CT molecular complexity index is 822. The Balaban J connectivity index is 2.69. The molecule has 0 aliphatic carbocycles. The molecule has 33 heavy (non-hydrogen) atoms. The van der Waals surface area contributed by atoms with Gasteiger partial charge in [-0.1, -0.05) is 33.8 Å². The Labute approximate surface area is 193 Å². The van der Waals surface area contributed by atoms with E-state index in [9.17, 15) is 19.2 Å². The normalized spacial score (nSPS) is 12.5. The highest BCUT2D eigenvalue weighted by Crippen LogP contribution is 2.30. The molecule has 0 aliphatic heterocycles. The summed E-state index contributed by atoms with van der Waals surface area (Å²) in [6.45, 7) is 8.64. The first-order valence-corrected chi connectivity index (χ1v) is 10.9. The zero-order chi connectivity index (χ0) is 25.0. The van der Waals surface area contributed by atoms with E-state index in [1.807, 2.05) is 13.8 Å². The number of esters is 3. The molecule has 2 atom stereocenters. The van der Waals surface area contributed by atoms with E-state index >= 15 is 0 Å². The second kappa shape index (κ2) is 14.1. The Morgan fingerprint density at radius 3 is 2.06 bits per heavy atom. The first-order chi connectivity index (χ1) is 15.5. The molecule has 0 fully saturated rings. The fourth-order valence-corrected chi connectivity index (χ4v) is 2.34. The third-order valence-electron chi connectivity index (χ3n) is 4.08. The van der Waals surface area contributed by atoms with Gasteiger partial charge in [0, 0.05) is 12.8 Å². The number of ether oxygens (including phenoxy) is 5. The number of carbonyl (C=O) groups excluding carboxylic acids is 4. The van der Waals surface area contributed by atoms with Gasteiger partial charge in [-0.05, 0) is 37.0 Å². The van der Waals surface area contributed by atoms with Crippen molar-refractivity contribution < 1.29 is 42.9 Å². The highest BCUT2D eigenvalue weighted by Gasteiger charge is 2.20. The molecule has 10 nitrogen and oxygen atoms in total. The quantitative estimate of drug-likeness (QED) is 0.360. The van der Waals surface area contributed by atoms with Crippen molar-refractivity contribution in [2.45, 2.75) is 66.0 Å². The zero-order valence-corrected chi connectivity index (χ0v) is 19.8. The van der Waals surface area contributed by atoms with Crippen LogP contribution >= 0.6 is 0 Å². The van der Waals surface area contributed by atoms with Crippen molar-refractivity contribution in [2.24, 2.45) is 11.7 Å². The predicted molar refractivity (Wildman–Crippen MR) is 118 cm³/mol. The first kappa shape index (κ1) is 27.9. The Kier molecular flexibility index (Phi) is 11.9. The van der Waals surface area contributed by atoms with Gasteiger partial charge in [0.15, 0.2) is 11.5 Å². The second-order valence-corrected chi connectivity index (χ2v) is 7.76. The number of hydrogen-bond donors (Lipinski definition) is 1. The van der Waals surface area contributed by atoms with Crippen LogP contribution in [-0.2, 0) is 35.0 Å². The van der Waals surface area contributed by atoms with Crippen molar-refractivity contribution in [3.8, 4) is 11.5 Å². The lowest BCUT2D eigenvalue weighted by molar-refractivity contribution is -0.148. The van der Waals surface area contributed by atoms with E-state index in [0.29, 0.717) is 5.56 Å². The van der Waals surface area contributed by atoms with Crippen LogP contribution in [0.5, 0.6) is 11.5 Å². The summed E-state index contributed by atoms with van der Waals surface area (Å²) in [5, 5.41) is 0. The van der Waals surface area contributed by atoms with Gasteiger partial charge < -0.3 is 29.4 Å². The van der Waals surface area contributed by atoms with Crippen molar-refractivity contribution in [3.05, 3.63) is 23.8 Å². The van der Waals surface area contributed by atoms with E-state index < -0.39 is 36.2 Å². The van der Waals surface area contributed by atoms with E-state index in [0.717, 1.165) is 0 Å². The maximum absolute atomic E-state index is 12.2. The topological polar surface area (TPSA) is 140 Å². The van der Waals surface area contributed by atoms with Gasteiger partial charge in [0.2, 0.25) is 0 Å². The third kappa shape index (κ3) is 10.8. The predicted octanol–water partition coefficient (Wildman–Crippen LogP) is 2.93. The number of rotatable bonds is 12. The number of nitrogens with two attached hydrogens (primary N) is 1. The molecule has 1 aromatic rings. The molecule has 0 amide bonds. The molecule has 10 heteroatoms.